The van der Waals surface area contributed by atoms with Gasteiger partial charge < -0.3 is 24.7 Å². The van der Waals surface area contributed by atoms with Crippen molar-refractivity contribution < 1.29 is 13.3 Å². The molecule has 0 bridgehead atoms. The second-order valence-corrected chi connectivity index (χ2v) is 6.32. The Morgan fingerprint density at radius 3 is 1.47 bits per heavy atom. The Hall–Kier alpha value is 0.234. The third-order valence-electron chi connectivity index (χ3n) is 2.38. The van der Waals surface area contributed by atoms with Crippen molar-refractivity contribution in [2.24, 2.45) is 11.5 Å². The number of nitrogens with two attached hydrogens (primary N) is 2. The smallest absolute Gasteiger partial charge is 0.377 e. The Morgan fingerprint density at radius 2 is 1.27 bits per heavy atom. The van der Waals surface area contributed by atoms with Gasteiger partial charge in [-0.25, -0.2) is 0 Å². The fourth-order valence-electron chi connectivity index (χ4n) is 1.65. The molecule has 15 heavy (non-hydrogen) atoms. The minimum absolute atomic E-state index is 0. The first-order valence-corrected chi connectivity index (χ1v) is 6.56. The third-order valence-corrected chi connectivity index (χ3v) is 5.67. The van der Waals surface area contributed by atoms with E-state index in [1.165, 1.54) is 0 Å². The summed E-state index contributed by atoms with van der Waals surface area (Å²) in [5.41, 5.74) is 11.3. The fraction of sp³-hybridized carbons (Fsp3) is 1.00. The molecule has 0 unspecified atom stereocenters. The van der Waals surface area contributed by atoms with E-state index in [0.29, 0.717) is 13.1 Å². The van der Waals surface area contributed by atoms with Gasteiger partial charge >= 0.3 is 8.80 Å². The second-order valence-electron chi connectivity index (χ2n) is 3.07. The molecule has 0 heterocycles. The molecular formula is C8H26N2O3Si2. The molecule has 7 heteroatoms. The highest BCUT2D eigenvalue weighted by Gasteiger charge is 2.46. The number of hydrogen-bond acceptors (Lipinski definition) is 5. The van der Waals surface area contributed by atoms with Crippen molar-refractivity contribution in [3.8, 4) is 0 Å². The van der Waals surface area contributed by atoms with E-state index in [2.05, 4.69) is 0 Å². The Morgan fingerprint density at radius 1 is 0.933 bits per heavy atom. The first kappa shape index (κ1) is 17.6. The maximum absolute atomic E-state index is 5.54. The summed E-state index contributed by atoms with van der Waals surface area (Å²) in [6.07, 6.45) is 1.64. The van der Waals surface area contributed by atoms with Gasteiger partial charge in [-0.15, -0.1) is 0 Å². The lowest BCUT2D eigenvalue weighted by Crippen LogP contribution is -2.48. The molecule has 0 aromatic rings. The van der Waals surface area contributed by atoms with Gasteiger partial charge in [0.2, 0.25) is 0 Å². The van der Waals surface area contributed by atoms with Crippen molar-refractivity contribution in [2.75, 3.05) is 34.4 Å². The van der Waals surface area contributed by atoms with Crippen LogP contribution in [0.1, 0.15) is 12.8 Å². The van der Waals surface area contributed by atoms with E-state index in [-0.39, 0.29) is 16.5 Å². The molecule has 0 radical (unpaired) electrons. The van der Waals surface area contributed by atoms with Crippen molar-refractivity contribution in [3.63, 3.8) is 0 Å². The maximum Gasteiger partial charge on any atom is 0.503 e. The van der Waals surface area contributed by atoms with Crippen LogP contribution in [-0.2, 0) is 13.3 Å². The van der Waals surface area contributed by atoms with Gasteiger partial charge in [0.1, 0.15) is 0 Å². The molecular weight excluding hydrogens is 228 g/mol. The second kappa shape index (κ2) is 9.46. The van der Waals surface area contributed by atoms with Crippen molar-refractivity contribution in [3.05, 3.63) is 0 Å². The highest BCUT2D eigenvalue weighted by atomic mass is 28.4. The summed E-state index contributed by atoms with van der Waals surface area (Å²) in [5.74, 6) is 0. The summed E-state index contributed by atoms with van der Waals surface area (Å²) in [5, 5.41) is 0. The molecule has 0 spiro atoms. The molecule has 94 valence electrons. The lowest BCUT2D eigenvalue weighted by molar-refractivity contribution is 0.108. The lowest BCUT2D eigenvalue weighted by Gasteiger charge is -2.32. The highest BCUT2D eigenvalue weighted by Crippen LogP contribution is 2.29. The van der Waals surface area contributed by atoms with Crippen molar-refractivity contribution >= 4 is 19.8 Å². The number of rotatable bonds is 8. The van der Waals surface area contributed by atoms with Crippen LogP contribution in [0, 0.1) is 0 Å². The van der Waals surface area contributed by atoms with Gasteiger partial charge in [-0.05, 0) is 36.9 Å². The quantitative estimate of drug-likeness (QED) is 0.514. The molecule has 0 saturated carbocycles. The minimum Gasteiger partial charge on any atom is -0.377 e. The standard InChI is InChI=1S/C8H22N2O3Si.H4Si/c1-11-14(12-2,13-3)8(4-6-9)5-7-10;/h8H,4-7,9-10H2,1-3H3;1H4. The molecule has 5 nitrogen and oxygen atoms in total. The summed E-state index contributed by atoms with van der Waals surface area (Å²) < 4.78 is 16.2. The van der Waals surface area contributed by atoms with Crippen LogP contribution in [0.2, 0.25) is 5.54 Å². The van der Waals surface area contributed by atoms with E-state index in [0.717, 1.165) is 12.8 Å². The monoisotopic (exact) mass is 254 g/mol. The lowest BCUT2D eigenvalue weighted by atomic mass is 10.2. The van der Waals surface area contributed by atoms with Crippen LogP contribution in [0.4, 0.5) is 0 Å². The molecule has 0 saturated heterocycles. The molecule has 0 aliphatic heterocycles. The topological polar surface area (TPSA) is 79.7 Å². The van der Waals surface area contributed by atoms with Crippen molar-refractivity contribution in [2.45, 2.75) is 18.4 Å². The first-order chi connectivity index (χ1) is 6.70. The van der Waals surface area contributed by atoms with Gasteiger partial charge in [-0.1, -0.05) is 0 Å². The van der Waals surface area contributed by atoms with Gasteiger partial charge in [0.25, 0.3) is 0 Å². The third kappa shape index (κ3) is 4.72. The maximum atomic E-state index is 5.54. The summed E-state index contributed by atoms with van der Waals surface area (Å²) >= 11 is 0. The summed E-state index contributed by atoms with van der Waals surface area (Å²) in [4.78, 5) is 0. The van der Waals surface area contributed by atoms with Gasteiger partial charge in [0.05, 0.1) is 0 Å². The average molecular weight is 254 g/mol. The normalized spacial score (nSPS) is 11.6. The van der Waals surface area contributed by atoms with E-state index in [9.17, 15) is 0 Å². The average Bonchev–Trinajstić information content (AvgIpc) is 2.22. The summed E-state index contributed by atoms with van der Waals surface area (Å²) in [6.45, 7) is 1.19. The molecule has 0 aliphatic rings. The van der Waals surface area contributed by atoms with E-state index >= 15 is 0 Å². The van der Waals surface area contributed by atoms with E-state index < -0.39 is 8.80 Å². The molecule has 0 amide bonds. The Bertz CT molecular complexity index is 134. The molecule has 0 rings (SSSR count). The Balaban J connectivity index is 0. The molecule has 0 aromatic carbocycles. The zero-order valence-electron chi connectivity index (χ0n) is 9.29. The van der Waals surface area contributed by atoms with Gasteiger partial charge in [0, 0.05) is 26.9 Å². The number of hydrogen-bond donors (Lipinski definition) is 2. The Labute approximate surface area is 97.8 Å². The molecule has 0 fully saturated rings. The fourth-order valence-corrected chi connectivity index (χ4v) is 4.19. The van der Waals surface area contributed by atoms with Gasteiger partial charge in [-0.2, -0.15) is 0 Å². The van der Waals surface area contributed by atoms with Gasteiger partial charge in [-0.3, -0.25) is 0 Å². The SMILES string of the molecule is CO[Si](OC)(OC)C(CCN)CCN.[SiH4]. The zero-order chi connectivity index (χ0) is 11.0. The van der Waals surface area contributed by atoms with Crippen LogP contribution in [0.15, 0.2) is 0 Å². The van der Waals surface area contributed by atoms with E-state index in [1.807, 2.05) is 0 Å². The van der Waals surface area contributed by atoms with Crippen molar-refractivity contribution in [1.82, 2.24) is 0 Å². The highest BCUT2D eigenvalue weighted by molar-refractivity contribution is 6.62. The molecule has 0 aliphatic carbocycles. The predicted octanol–water partition coefficient (Wildman–Crippen LogP) is -1.52. The van der Waals surface area contributed by atoms with Crippen LogP contribution in [-0.4, -0.2) is 54.2 Å². The van der Waals surface area contributed by atoms with E-state index in [1.54, 1.807) is 21.3 Å². The van der Waals surface area contributed by atoms with E-state index in [4.69, 9.17) is 24.7 Å². The van der Waals surface area contributed by atoms with Crippen LogP contribution < -0.4 is 11.5 Å². The molecule has 0 atom stereocenters. The van der Waals surface area contributed by atoms with Crippen LogP contribution in [0.3, 0.4) is 0 Å². The largest absolute Gasteiger partial charge is 0.503 e. The first-order valence-electron chi connectivity index (χ1n) is 4.76. The predicted molar refractivity (Wildman–Crippen MR) is 69.2 cm³/mol. The minimum atomic E-state index is -2.55. The van der Waals surface area contributed by atoms with Crippen LogP contribution in [0.25, 0.3) is 0 Å². The van der Waals surface area contributed by atoms with Crippen LogP contribution >= 0.6 is 0 Å². The van der Waals surface area contributed by atoms with Gasteiger partial charge in [0.15, 0.2) is 0 Å². The Kier molecular flexibility index (Phi) is 11.1. The summed E-state index contributed by atoms with van der Waals surface area (Å²) in [6, 6.07) is 0. The van der Waals surface area contributed by atoms with Crippen molar-refractivity contribution in [1.29, 1.82) is 0 Å². The van der Waals surface area contributed by atoms with Crippen LogP contribution in [0.5, 0.6) is 0 Å². The zero-order valence-corrected chi connectivity index (χ0v) is 10.3. The molecule has 0 aromatic heterocycles. The summed E-state index contributed by atoms with van der Waals surface area (Å²) in [7, 11) is 2.28. The molecule has 4 N–H and O–H groups in total.